The maximum absolute atomic E-state index is 5.77. The molecule has 1 aliphatic rings. The Morgan fingerprint density at radius 1 is 1.08 bits per heavy atom. The molecule has 3 aromatic rings. The fourth-order valence-corrected chi connectivity index (χ4v) is 3.15. The van der Waals surface area contributed by atoms with E-state index in [-0.39, 0.29) is 0 Å². The number of nitrogens with two attached hydrogens (primary N) is 1. The zero-order valence-electron chi connectivity index (χ0n) is 14.5. The van der Waals surface area contributed by atoms with E-state index in [0.29, 0.717) is 5.82 Å². The van der Waals surface area contributed by atoms with Crippen LogP contribution >= 0.6 is 0 Å². The molecule has 0 aliphatic carbocycles. The van der Waals surface area contributed by atoms with Crippen LogP contribution in [0, 0.1) is 0 Å². The molecule has 0 amide bonds. The number of fused-ring (bicyclic) bond motifs is 1. The molecule has 25 heavy (non-hydrogen) atoms. The number of piperazine rings is 1. The number of anilines is 3. The number of pyridine rings is 1. The van der Waals surface area contributed by atoms with Gasteiger partial charge in [0.05, 0.1) is 5.69 Å². The number of likely N-dealkylation sites (N-methyl/N-ethyl adjacent to an activating group) is 1. The lowest BCUT2D eigenvalue weighted by atomic mass is 10.1. The van der Waals surface area contributed by atoms with Gasteiger partial charge in [0.25, 0.3) is 0 Å². The Labute approximate surface area is 146 Å². The van der Waals surface area contributed by atoms with Gasteiger partial charge < -0.3 is 20.9 Å². The molecule has 1 fully saturated rings. The van der Waals surface area contributed by atoms with E-state index in [2.05, 4.69) is 43.3 Å². The van der Waals surface area contributed by atoms with E-state index in [0.717, 1.165) is 54.5 Å². The van der Waals surface area contributed by atoms with Gasteiger partial charge in [-0.05, 0) is 7.05 Å². The minimum atomic E-state index is 0.465. The SMILES string of the molecule is CNc1cc(N2CCN(C)CC2)c(-c2cnc3cc(N)nn3c2)cn1. The quantitative estimate of drug-likeness (QED) is 0.741. The van der Waals surface area contributed by atoms with Gasteiger partial charge in [0.15, 0.2) is 5.65 Å². The molecule has 1 saturated heterocycles. The van der Waals surface area contributed by atoms with Crippen LogP contribution in [0.3, 0.4) is 0 Å². The Morgan fingerprint density at radius 3 is 2.64 bits per heavy atom. The van der Waals surface area contributed by atoms with Gasteiger partial charge in [-0.15, -0.1) is 5.10 Å². The van der Waals surface area contributed by atoms with Crippen molar-refractivity contribution >= 4 is 23.0 Å². The topological polar surface area (TPSA) is 87.6 Å². The van der Waals surface area contributed by atoms with Crippen molar-refractivity contribution in [1.82, 2.24) is 24.5 Å². The molecule has 0 bridgehead atoms. The predicted octanol–water partition coefficient (Wildman–Crippen LogP) is 1.17. The van der Waals surface area contributed by atoms with Crippen molar-refractivity contribution in [1.29, 1.82) is 0 Å². The van der Waals surface area contributed by atoms with Gasteiger partial charge in [-0.1, -0.05) is 0 Å². The van der Waals surface area contributed by atoms with Crippen molar-refractivity contribution in [3.05, 3.63) is 30.7 Å². The number of hydrogen-bond acceptors (Lipinski definition) is 7. The maximum atomic E-state index is 5.77. The smallest absolute Gasteiger partial charge is 0.157 e. The van der Waals surface area contributed by atoms with Crippen LogP contribution in [-0.4, -0.2) is 64.8 Å². The second-order valence-electron chi connectivity index (χ2n) is 6.34. The molecule has 0 saturated carbocycles. The number of nitrogens with zero attached hydrogens (tertiary/aromatic N) is 6. The lowest BCUT2D eigenvalue weighted by Gasteiger charge is -2.35. The number of aromatic nitrogens is 4. The summed E-state index contributed by atoms with van der Waals surface area (Å²) < 4.78 is 1.71. The first-order valence-electron chi connectivity index (χ1n) is 8.36. The monoisotopic (exact) mass is 338 g/mol. The van der Waals surface area contributed by atoms with Crippen molar-refractivity contribution in [3.63, 3.8) is 0 Å². The normalized spacial score (nSPS) is 15.7. The summed E-state index contributed by atoms with van der Waals surface area (Å²) in [4.78, 5) is 13.7. The minimum absolute atomic E-state index is 0.465. The first-order valence-corrected chi connectivity index (χ1v) is 8.36. The average molecular weight is 338 g/mol. The van der Waals surface area contributed by atoms with Crippen LogP contribution in [0.5, 0.6) is 0 Å². The standard InChI is InChI=1S/C17H22N8/c1-19-16-7-14(24-5-3-23(2)4-6-24)13(10-20-16)12-9-21-17-8-15(18)22-25(17)11-12/h7-11H,3-6H2,1-2H3,(H2,18,22)(H,19,20). The fraction of sp³-hybridized carbons (Fsp3) is 0.353. The van der Waals surface area contributed by atoms with E-state index in [1.165, 1.54) is 0 Å². The zero-order valence-corrected chi connectivity index (χ0v) is 14.5. The van der Waals surface area contributed by atoms with Crippen LogP contribution in [0.15, 0.2) is 30.7 Å². The molecule has 0 radical (unpaired) electrons. The van der Waals surface area contributed by atoms with Gasteiger partial charge in [0.2, 0.25) is 0 Å². The lowest BCUT2D eigenvalue weighted by Crippen LogP contribution is -2.44. The van der Waals surface area contributed by atoms with Gasteiger partial charge in [0.1, 0.15) is 11.6 Å². The average Bonchev–Trinajstić information content (AvgIpc) is 3.01. The van der Waals surface area contributed by atoms with Gasteiger partial charge in [-0.2, -0.15) is 0 Å². The molecule has 3 N–H and O–H groups in total. The summed E-state index contributed by atoms with van der Waals surface area (Å²) in [5, 5.41) is 7.39. The predicted molar refractivity (Wildman–Crippen MR) is 99.9 cm³/mol. The summed E-state index contributed by atoms with van der Waals surface area (Å²) in [5.41, 5.74) is 9.69. The summed E-state index contributed by atoms with van der Waals surface area (Å²) >= 11 is 0. The van der Waals surface area contributed by atoms with E-state index in [9.17, 15) is 0 Å². The number of hydrogen-bond donors (Lipinski definition) is 2. The third-order valence-corrected chi connectivity index (χ3v) is 4.63. The molecule has 1 aliphatic heterocycles. The number of rotatable bonds is 3. The van der Waals surface area contributed by atoms with E-state index < -0.39 is 0 Å². The van der Waals surface area contributed by atoms with Crippen molar-refractivity contribution in [3.8, 4) is 11.1 Å². The van der Waals surface area contributed by atoms with Crippen LogP contribution in [0.25, 0.3) is 16.8 Å². The summed E-state index contributed by atoms with van der Waals surface area (Å²) in [6, 6.07) is 3.86. The van der Waals surface area contributed by atoms with Crippen LogP contribution in [-0.2, 0) is 0 Å². The molecule has 4 heterocycles. The second kappa shape index (κ2) is 6.21. The molecule has 0 unspecified atom stereocenters. The molecule has 0 atom stereocenters. The Kier molecular flexibility index (Phi) is 3.89. The zero-order chi connectivity index (χ0) is 17.4. The molecule has 0 spiro atoms. The first kappa shape index (κ1) is 15.6. The molecule has 130 valence electrons. The Bertz CT molecular complexity index is 895. The summed E-state index contributed by atoms with van der Waals surface area (Å²) in [6.07, 6.45) is 5.70. The third-order valence-electron chi connectivity index (χ3n) is 4.63. The van der Waals surface area contributed by atoms with Crippen LogP contribution in [0.1, 0.15) is 0 Å². The second-order valence-corrected chi connectivity index (χ2v) is 6.34. The van der Waals surface area contributed by atoms with Gasteiger partial charge >= 0.3 is 0 Å². The lowest BCUT2D eigenvalue weighted by molar-refractivity contribution is 0.313. The van der Waals surface area contributed by atoms with Crippen LogP contribution in [0.4, 0.5) is 17.3 Å². The Balaban J connectivity index is 1.79. The highest BCUT2D eigenvalue weighted by molar-refractivity contribution is 5.79. The highest BCUT2D eigenvalue weighted by Gasteiger charge is 2.19. The van der Waals surface area contributed by atoms with Crippen molar-refractivity contribution in [2.45, 2.75) is 0 Å². The van der Waals surface area contributed by atoms with E-state index in [1.54, 1.807) is 10.6 Å². The maximum Gasteiger partial charge on any atom is 0.157 e. The highest BCUT2D eigenvalue weighted by atomic mass is 15.3. The van der Waals surface area contributed by atoms with E-state index in [4.69, 9.17) is 5.73 Å². The number of nitrogens with one attached hydrogen (secondary N) is 1. The molecular formula is C17H22N8. The van der Waals surface area contributed by atoms with Crippen LogP contribution in [0.2, 0.25) is 0 Å². The molecule has 4 rings (SSSR count). The fourth-order valence-electron chi connectivity index (χ4n) is 3.15. The minimum Gasteiger partial charge on any atom is -0.382 e. The van der Waals surface area contributed by atoms with Gasteiger partial charge in [0, 0.05) is 75.1 Å². The molecule has 8 heteroatoms. The highest BCUT2D eigenvalue weighted by Crippen LogP contribution is 2.32. The van der Waals surface area contributed by atoms with Gasteiger partial charge in [-0.25, -0.2) is 14.5 Å². The van der Waals surface area contributed by atoms with Crippen LogP contribution < -0.4 is 16.0 Å². The first-order chi connectivity index (χ1) is 12.1. The third kappa shape index (κ3) is 2.96. The molecular weight excluding hydrogens is 316 g/mol. The van der Waals surface area contributed by atoms with E-state index >= 15 is 0 Å². The summed E-state index contributed by atoms with van der Waals surface area (Å²) in [7, 11) is 4.04. The molecule has 8 nitrogen and oxygen atoms in total. The molecule has 0 aromatic carbocycles. The Hall–Kier alpha value is -2.87. The Morgan fingerprint density at radius 2 is 1.88 bits per heavy atom. The summed E-state index contributed by atoms with van der Waals surface area (Å²) in [6.45, 7) is 4.06. The van der Waals surface area contributed by atoms with E-state index in [1.807, 2.05) is 25.6 Å². The van der Waals surface area contributed by atoms with Crippen molar-refractivity contribution in [2.24, 2.45) is 0 Å². The van der Waals surface area contributed by atoms with Crippen molar-refractivity contribution < 1.29 is 0 Å². The largest absolute Gasteiger partial charge is 0.382 e. The van der Waals surface area contributed by atoms with Crippen molar-refractivity contribution in [2.75, 3.05) is 56.2 Å². The summed E-state index contributed by atoms with van der Waals surface area (Å²) in [5.74, 6) is 1.32. The van der Waals surface area contributed by atoms with Gasteiger partial charge in [-0.3, -0.25) is 0 Å². The molecule has 3 aromatic heterocycles. The number of nitrogen functional groups attached to an aromatic ring is 1.